The molecule has 2 heterocycles. The molecule has 0 saturated carbocycles. The van der Waals surface area contributed by atoms with E-state index in [1.165, 1.54) is 12.4 Å². The highest BCUT2D eigenvalue weighted by atomic mass is 16.2. The number of hydrogen-bond acceptors (Lipinski definition) is 6. The van der Waals surface area contributed by atoms with Gasteiger partial charge in [0.05, 0.1) is 18.1 Å². The molecule has 17 heavy (non-hydrogen) atoms. The average molecular weight is 231 g/mol. The number of hydrogen-bond donors (Lipinski definition) is 0. The van der Waals surface area contributed by atoms with Gasteiger partial charge in [0.15, 0.2) is 5.69 Å². The van der Waals surface area contributed by atoms with Crippen LogP contribution in [0.25, 0.3) is 0 Å². The summed E-state index contributed by atoms with van der Waals surface area (Å²) in [5.41, 5.74) is 0.663. The fraction of sp³-hybridized carbons (Fsp3) is 0.333. The van der Waals surface area contributed by atoms with Gasteiger partial charge in [0.25, 0.3) is 0 Å². The first kappa shape index (κ1) is 10.9. The van der Waals surface area contributed by atoms with E-state index >= 15 is 0 Å². The first-order valence-corrected chi connectivity index (χ1v) is 5.03. The Hall–Kier alpha value is -2.56. The van der Waals surface area contributed by atoms with Crippen molar-refractivity contribution in [1.29, 1.82) is 5.26 Å². The lowest BCUT2D eigenvalue weighted by atomic mass is 10.2. The number of nitrogens with zero attached hydrogens (tertiary/aromatic N) is 7. The molecule has 0 fully saturated rings. The molecule has 8 nitrogen and oxygen atoms in total. The Morgan fingerprint density at radius 3 is 2.94 bits per heavy atom. The van der Waals surface area contributed by atoms with Crippen molar-refractivity contribution < 1.29 is 4.79 Å². The van der Waals surface area contributed by atoms with Crippen LogP contribution < -0.4 is 0 Å². The Balaban J connectivity index is 2.42. The fourth-order valence-corrected chi connectivity index (χ4v) is 1.41. The van der Waals surface area contributed by atoms with E-state index in [4.69, 9.17) is 5.26 Å². The molecule has 86 valence electrons. The van der Waals surface area contributed by atoms with E-state index in [0.717, 1.165) is 15.8 Å². The Labute approximate surface area is 96.5 Å². The molecule has 0 N–H and O–H groups in total. The molecular formula is C9H9N7O. The van der Waals surface area contributed by atoms with Crippen molar-refractivity contribution in [3.8, 4) is 6.07 Å². The van der Waals surface area contributed by atoms with Crippen LogP contribution in [0.3, 0.4) is 0 Å². The highest BCUT2D eigenvalue weighted by molar-refractivity contribution is 5.78. The standard InChI is InChI=1S/C9H9N7O/c1-2-3-8-7(6-10)12-14-16(8)9(17)15-5-4-11-13-15/h4-5H,2-3H2,1H3. The lowest BCUT2D eigenvalue weighted by Gasteiger charge is -2.02. The zero-order valence-corrected chi connectivity index (χ0v) is 9.11. The smallest absolute Gasteiger partial charge is 0.243 e. The van der Waals surface area contributed by atoms with Gasteiger partial charge in [-0.15, -0.1) is 10.2 Å². The van der Waals surface area contributed by atoms with Gasteiger partial charge in [-0.25, -0.2) is 4.79 Å². The second-order valence-corrected chi connectivity index (χ2v) is 3.29. The predicted octanol–water partition coefficient (Wildman–Crippen LogP) is 0.210. The number of carbonyl (C=O) groups is 1. The van der Waals surface area contributed by atoms with Gasteiger partial charge >= 0.3 is 6.03 Å². The molecule has 0 aromatic carbocycles. The van der Waals surface area contributed by atoms with E-state index in [-0.39, 0.29) is 5.69 Å². The monoisotopic (exact) mass is 231 g/mol. The third-order valence-electron chi connectivity index (χ3n) is 2.16. The quantitative estimate of drug-likeness (QED) is 0.732. The Bertz CT molecular complexity index is 563. The van der Waals surface area contributed by atoms with Crippen LogP contribution in [0.4, 0.5) is 4.79 Å². The number of aromatic nitrogens is 6. The van der Waals surface area contributed by atoms with Gasteiger partial charge in [0, 0.05) is 0 Å². The first-order valence-electron chi connectivity index (χ1n) is 5.03. The lowest BCUT2D eigenvalue weighted by molar-refractivity contribution is 0.236. The summed E-state index contributed by atoms with van der Waals surface area (Å²) in [7, 11) is 0. The topological polar surface area (TPSA) is 102 Å². The molecule has 0 aliphatic heterocycles. The van der Waals surface area contributed by atoms with Gasteiger partial charge in [-0.3, -0.25) is 0 Å². The van der Waals surface area contributed by atoms with Crippen molar-refractivity contribution in [1.82, 2.24) is 30.0 Å². The zero-order valence-electron chi connectivity index (χ0n) is 9.11. The highest BCUT2D eigenvalue weighted by Gasteiger charge is 2.18. The van der Waals surface area contributed by atoms with E-state index in [1.807, 2.05) is 13.0 Å². The van der Waals surface area contributed by atoms with Gasteiger partial charge in [0.2, 0.25) is 0 Å². The van der Waals surface area contributed by atoms with Crippen LogP contribution >= 0.6 is 0 Å². The van der Waals surface area contributed by atoms with Crippen molar-refractivity contribution >= 4 is 6.03 Å². The summed E-state index contributed by atoms with van der Waals surface area (Å²) in [6.07, 6.45) is 4.13. The van der Waals surface area contributed by atoms with Gasteiger partial charge < -0.3 is 0 Å². The minimum absolute atomic E-state index is 0.167. The van der Waals surface area contributed by atoms with Gasteiger partial charge in [-0.05, 0) is 6.42 Å². The molecule has 0 radical (unpaired) electrons. The van der Waals surface area contributed by atoms with Crippen LogP contribution in [0.1, 0.15) is 24.7 Å². The summed E-state index contributed by atoms with van der Waals surface area (Å²) >= 11 is 0. The maximum absolute atomic E-state index is 11.9. The first-order chi connectivity index (χ1) is 8.27. The molecule has 2 rings (SSSR count). The minimum Gasteiger partial charge on any atom is -0.243 e. The van der Waals surface area contributed by atoms with Crippen molar-refractivity contribution in [2.45, 2.75) is 19.8 Å². The molecule has 0 aliphatic carbocycles. The van der Waals surface area contributed by atoms with E-state index in [0.29, 0.717) is 12.1 Å². The van der Waals surface area contributed by atoms with Gasteiger partial charge in [-0.2, -0.15) is 14.6 Å². The summed E-state index contributed by atoms with van der Waals surface area (Å²) in [6.45, 7) is 1.94. The van der Waals surface area contributed by atoms with Crippen molar-refractivity contribution in [2.75, 3.05) is 0 Å². The van der Waals surface area contributed by atoms with E-state index in [1.54, 1.807) is 0 Å². The third kappa shape index (κ3) is 1.90. The van der Waals surface area contributed by atoms with Gasteiger partial charge in [-0.1, -0.05) is 23.8 Å². The number of nitriles is 1. The van der Waals surface area contributed by atoms with Crippen LogP contribution in [0.15, 0.2) is 12.4 Å². The number of rotatable bonds is 2. The molecule has 0 unspecified atom stereocenters. The SMILES string of the molecule is CCCc1c(C#N)nnn1C(=O)n1ccnn1. The molecule has 2 aromatic rings. The number of carbonyl (C=O) groups excluding carboxylic acids is 1. The second-order valence-electron chi connectivity index (χ2n) is 3.29. The van der Waals surface area contributed by atoms with E-state index in [9.17, 15) is 4.79 Å². The Kier molecular flexibility index (Phi) is 2.91. The summed E-state index contributed by atoms with van der Waals surface area (Å²) in [6, 6.07) is 1.41. The molecule has 0 amide bonds. The Morgan fingerprint density at radius 2 is 2.35 bits per heavy atom. The predicted molar refractivity (Wildman–Crippen MR) is 54.9 cm³/mol. The summed E-state index contributed by atoms with van der Waals surface area (Å²) < 4.78 is 2.12. The summed E-state index contributed by atoms with van der Waals surface area (Å²) in [5, 5.41) is 23.3. The fourth-order valence-electron chi connectivity index (χ4n) is 1.41. The van der Waals surface area contributed by atoms with Crippen molar-refractivity contribution in [3.05, 3.63) is 23.8 Å². The largest absolute Gasteiger partial charge is 0.372 e. The summed E-state index contributed by atoms with van der Waals surface area (Å²) in [4.78, 5) is 11.9. The lowest BCUT2D eigenvalue weighted by Crippen LogP contribution is -2.23. The maximum Gasteiger partial charge on any atom is 0.372 e. The summed E-state index contributed by atoms with van der Waals surface area (Å²) in [5.74, 6) is 0. The second kappa shape index (κ2) is 4.52. The molecule has 0 bridgehead atoms. The molecular weight excluding hydrogens is 222 g/mol. The van der Waals surface area contributed by atoms with Crippen LogP contribution in [0.2, 0.25) is 0 Å². The van der Waals surface area contributed by atoms with Crippen LogP contribution in [-0.2, 0) is 6.42 Å². The molecule has 0 saturated heterocycles. The molecule has 0 atom stereocenters. The molecule has 2 aromatic heterocycles. The average Bonchev–Trinajstić information content (AvgIpc) is 2.97. The van der Waals surface area contributed by atoms with Gasteiger partial charge in [0.1, 0.15) is 6.07 Å². The Morgan fingerprint density at radius 1 is 1.53 bits per heavy atom. The maximum atomic E-state index is 11.9. The molecule has 0 spiro atoms. The molecule has 0 aliphatic rings. The van der Waals surface area contributed by atoms with E-state index < -0.39 is 6.03 Å². The van der Waals surface area contributed by atoms with Crippen LogP contribution in [0, 0.1) is 11.3 Å². The minimum atomic E-state index is -0.500. The van der Waals surface area contributed by atoms with Crippen LogP contribution in [-0.4, -0.2) is 36.0 Å². The van der Waals surface area contributed by atoms with Crippen molar-refractivity contribution in [2.24, 2.45) is 0 Å². The highest BCUT2D eigenvalue weighted by Crippen LogP contribution is 2.07. The van der Waals surface area contributed by atoms with Crippen molar-refractivity contribution in [3.63, 3.8) is 0 Å². The zero-order chi connectivity index (χ0) is 12.3. The van der Waals surface area contributed by atoms with E-state index in [2.05, 4.69) is 20.6 Å². The normalized spacial score (nSPS) is 10.1. The molecule has 8 heteroatoms. The van der Waals surface area contributed by atoms with Crippen LogP contribution in [0.5, 0.6) is 0 Å². The third-order valence-corrected chi connectivity index (χ3v) is 2.16.